The van der Waals surface area contributed by atoms with Crippen LogP contribution >= 0.6 is 0 Å². The number of hydrogen-bond acceptors (Lipinski definition) is 12. The van der Waals surface area contributed by atoms with E-state index in [-0.39, 0.29) is 5.78 Å². The first-order valence-corrected chi connectivity index (χ1v) is 9.78. The van der Waals surface area contributed by atoms with Crippen LogP contribution in [0.4, 0.5) is 0 Å². The lowest BCUT2D eigenvalue weighted by atomic mass is 9.94. The minimum atomic E-state index is -2.32. The first-order valence-electron chi connectivity index (χ1n) is 9.78. The summed E-state index contributed by atoms with van der Waals surface area (Å²) in [6.45, 7) is -0.654. The van der Waals surface area contributed by atoms with Gasteiger partial charge in [0.05, 0.1) is 6.42 Å². The summed E-state index contributed by atoms with van der Waals surface area (Å²) in [4.78, 5) is 46.7. The molecular formula is C21H22O12. The molecule has 2 aliphatic carbocycles. The van der Waals surface area contributed by atoms with Gasteiger partial charge in [-0.25, -0.2) is 4.79 Å². The minimum absolute atomic E-state index is 0.365. The van der Waals surface area contributed by atoms with E-state index in [1.807, 2.05) is 0 Å². The molecule has 12 heteroatoms. The number of aliphatic hydroxyl groups excluding tert-OH is 3. The van der Waals surface area contributed by atoms with Crippen LogP contribution in [0.1, 0.15) is 6.42 Å². The highest BCUT2D eigenvalue weighted by Gasteiger charge is 2.48. The van der Waals surface area contributed by atoms with E-state index in [1.54, 1.807) is 0 Å². The largest absolute Gasteiger partial charge is 0.463 e. The number of rotatable bonds is 6. The van der Waals surface area contributed by atoms with E-state index in [2.05, 4.69) is 0 Å². The summed E-state index contributed by atoms with van der Waals surface area (Å²) in [7, 11) is 0. The number of carbonyl (C=O) groups excluding carboxylic acids is 4. The summed E-state index contributed by atoms with van der Waals surface area (Å²) in [5.41, 5.74) is -4.07. The normalized spacial score (nSPS) is 32.0. The van der Waals surface area contributed by atoms with Crippen LogP contribution in [-0.2, 0) is 33.4 Å². The lowest BCUT2D eigenvalue weighted by molar-refractivity contribution is -0.296. The molecule has 0 saturated carbocycles. The van der Waals surface area contributed by atoms with Gasteiger partial charge in [-0.15, -0.1) is 0 Å². The third-order valence-corrected chi connectivity index (χ3v) is 5.13. The summed E-state index contributed by atoms with van der Waals surface area (Å²) in [6.07, 6.45) is -1.41. The lowest BCUT2D eigenvalue weighted by Crippen LogP contribution is -2.60. The van der Waals surface area contributed by atoms with Crippen molar-refractivity contribution in [1.29, 1.82) is 0 Å². The Hall–Kier alpha value is -3.00. The number of allylic oxidation sites excluding steroid dienone is 4. The predicted octanol–water partition coefficient (Wildman–Crippen LogP) is -2.88. The van der Waals surface area contributed by atoms with E-state index < -0.39 is 72.7 Å². The quantitative estimate of drug-likeness (QED) is 0.251. The first kappa shape index (κ1) is 24.6. The molecule has 0 spiro atoms. The van der Waals surface area contributed by atoms with Crippen molar-refractivity contribution in [3.8, 4) is 0 Å². The van der Waals surface area contributed by atoms with Gasteiger partial charge in [0.25, 0.3) is 0 Å². The fourth-order valence-electron chi connectivity index (χ4n) is 3.16. The molecule has 0 aromatic rings. The molecule has 1 heterocycles. The van der Waals surface area contributed by atoms with Crippen molar-refractivity contribution in [2.24, 2.45) is 0 Å². The average molecular weight is 466 g/mol. The van der Waals surface area contributed by atoms with Crippen LogP contribution in [0.25, 0.3) is 0 Å². The number of ketones is 2. The zero-order valence-electron chi connectivity index (χ0n) is 17.0. The molecule has 0 bridgehead atoms. The summed E-state index contributed by atoms with van der Waals surface area (Å²) < 4.78 is 15.1. The molecule has 3 aliphatic rings. The molecule has 0 amide bonds. The smallest absolute Gasteiger partial charge is 0.348 e. The Morgan fingerprint density at radius 3 is 2.00 bits per heavy atom. The monoisotopic (exact) mass is 466 g/mol. The van der Waals surface area contributed by atoms with Crippen LogP contribution < -0.4 is 0 Å². The molecule has 1 aliphatic heterocycles. The Kier molecular flexibility index (Phi) is 7.07. The molecule has 5 atom stereocenters. The van der Waals surface area contributed by atoms with Crippen LogP contribution in [0.3, 0.4) is 0 Å². The highest BCUT2D eigenvalue weighted by Crippen LogP contribution is 2.26. The number of carbonyl (C=O) groups is 4. The molecule has 0 unspecified atom stereocenters. The number of esters is 2. The number of aliphatic hydroxyl groups is 5. The molecule has 3 rings (SSSR count). The van der Waals surface area contributed by atoms with Gasteiger partial charge in [0, 0.05) is 0 Å². The van der Waals surface area contributed by atoms with Crippen LogP contribution in [0.5, 0.6) is 0 Å². The van der Waals surface area contributed by atoms with Crippen molar-refractivity contribution in [2.45, 2.75) is 48.3 Å². The summed E-state index contributed by atoms with van der Waals surface area (Å²) in [5.74, 6) is -3.12. The van der Waals surface area contributed by atoms with Gasteiger partial charge in [-0.05, 0) is 48.6 Å². The molecule has 33 heavy (non-hydrogen) atoms. The van der Waals surface area contributed by atoms with Gasteiger partial charge in [0.15, 0.2) is 17.2 Å². The topological polar surface area (TPSA) is 197 Å². The van der Waals surface area contributed by atoms with Gasteiger partial charge in [0.1, 0.15) is 36.6 Å². The SMILES string of the molecule is O=C1C=CC(O)(CC(=O)OC[C@H]2O[C@H](OC(=O)C3(O)C=CC(=O)C=C3)[C@H](O)[C@@H](O)[C@@H]2O)C=C1. The van der Waals surface area contributed by atoms with Crippen molar-refractivity contribution in [3.05, 3.63) is 48.6 Å². The Morgan fingerprint density at radius 1 is 0.879 bits per heavy atom. The molecular weight excluding hydrogens is 444 g/mol. The van der Waals surface area contributed by atoms with E-state index >= 15 is 0 Å². The first-order chi connectivity index (χ1) is 15.4. The van der Waals surface area contributed by atoms with Gasteiger partial charge in [0.2, 0.25) is 6.29 Å². The second-order valence-corrected chi connectivity index (χ2v) is 7.73. The molecule has 12 nitrogen and oxygen atoms in total. The standard InChI is InChI=1S/C21H22O12/c22-11-1-5-20(29,6-2-11)9-14(24)31-10-13-15(25)16(26)17(27)18(32-13)33-19(28)21(30)7-3-12(23)4-8-21/h1-8,13,15-18,25-27,29-30H,9-10H2/t13-,15-,16+,17-,18-/m1/s1. The van der Waals surface area contributed by atoms with Crippen LogP contribution in [0, 0.1) is 0 Å². The second-order valence-electron chi connectivity index (χ2n) is 7.73. The molecule has 178 valence electrons. The average Bonchev–Trinajstić information content (AvgIpc) is 2.77. The van der Waals surface area contributed by atoms with Gasteiger partial charge in [-0.1, -0.05) is 0 Å². The summed E-state index contributed by atoms with van der Waals surface area (Å²) in [6, 6.07) is 0. The van der Waals surface area contributed by atoms with E-state index in [0.29, 0.717) is 0 Å². The zero-order valence-corrected chi connectivity index (χ0v) is 17.0. The predicted molar refractivity (Wildman–Crippen MR) is 105 cm³/mol. The Bertz CT molecular complexity index is 913. The maximum absolute atomic E-state index is 12.3. The van der Waals surface area contributed by atoms with Crippen molar-refractivity contribution in [1.82, 2.24) is 0 Å². The van der Waals surface area contributed by atoms with Gasteiger partial charge in [-0.3, -0.25) is 14.4 Å². The molecule has 0 radical (unpaired) electrons. The molecule has 0 aromatic carbocycles. The number of hydrogen-bond donors (Lipinski definition) is 5. The van der Waals surface area contributed by atoms with E-state index in [4.69, 9.17) is 14.2 Å². The molecule has 1 saturated heterocycles. The van der Waals surface area contributed by atoms with E-state index in [0.717, 1.165) is 48.6 Å². The molecule has 1 fully saturated rings. The van der Waals surface area contributed by atoms with Crippen LogP contribution in [0.2, 0.25) is 0 Å². The van der Waals surface area contributed by atoms with Crippen LogP contribution in [-0.4, -0.2) is 97.6 Å². The van der Waals surface area contributed by atoms with Gasteiger partial charge >= 0.3 is 11.9 Å². The summed E-state index contributed by atoms with van der Waals surface area (Å²) in [5, 5.41) is 50.8. The molecule has 5 N–H and O–H groups in total. The van der Waals surface area contributed by atoms with Gasteiger partial charge < -0.3 is 39.7 Å². The van der Waals surface area contributed by atoms with Crippen molar-refractivity contribution in [3.63, 3.8) is 0 Å². The van der Waals surface area contributed by atoms with Crippen molar-refractivity contribution >= 4 is 23.5 Å². The fourth-order valence-corrected chi connectivity index (χ4v) is 3.16. The summed E-state index contributed by atoms with van der Waals surface area (Å²) >= 11 is 0. The zero-order chi connectivity index (χ0) is 24.4. The maximum atomic E-state index is 12.3. The lowest BCUT2D eigenvalue weighted by Gasteiger charge is -2.40. The van der Waals surface area contributed by atoms with E-state index in [9.17, 15) is 44.7 Å². The van der Waals surface area contributed by atoms with Gasteiger partial charge in [-0.2, -0.15) is 0 Å². The maximum Gasteiger partial charge on any atom is 0.348 e. The van der Waals surface area contributed by atoms with E-state index in [1.165, 1.54) is 0 Å². The number of ether oxygens (including phenoxy) is 3. The highest BCUT2D eigenvalue weighted by atomic mass is 16.7. The Labute approximate surface area is 186 Å². The Balaban J connectivity index is 1.60. The highest BCUT2D eigenvalue weighted by molar-refractivity contribution is 6.03. The Morgan fingerprint density at radius 2 is 1.42 bits per heavy atom. The van der Waals surface area contributed by atoms with Crippen LogP contribution in [0.15, 0.2) is 48.6 Å². The minimum Gasteiger partial charge on any atom is -0.463 e. The third kappa shape index (κ3) is 5.68. The third-order valence-electron chi connectivity index (χ3n) is 5.13. The van der Waals surface area contributed by atoms with Crippen molar-refractivity contribution in [2.75, 3.05) is 6.61 Å². The second kappa shape index (κ2) is 9.47. The fraction of sp³-hybridized carbons (Fsp3) is 0.429. The van der Waals surface area contributed by atoms with Crippen molar-refractivity contribution < 1.29 is 58.9 Å². The molecule has 0 aromatic heterocycles.